The van der Waals surface area contributed by atoms with E-state index in [2.05, 4.69) is 40.3 Å². The summed E-state index contributed by atoms with van der Waals surface area (Å²) in [6, 6.07) is 5.24. The highest BCUT2D eigenvalue weighted by Gasteiger charge is 2.50. The Bertz CT molecular complexity index is 1590. The molecule has 4 aromatic rings. The first-order chi connectivity index (χ1) is 20.4. The Kier molecular flexibility index (Phi) is 8.34. The maximum absolute atomic E-state index is 12.6. The predicted molar refractivity (Wildman–Crippen MR) is 136 cm³/mol. The minimum Gasteiger partial charge on any atom is -0.479 e. The molecule has 5 rings (SSSR count). The van der Waals surface area contributed by atoms with Crippen LogP contribution in [-0.4, -0.2) is 92.7 Å². The van der Waals surface area contributed by atoms with E-state index in [1.165, 1.54) is 23.0 Å². The molecule has 0 saturated carbocycles. The number of hydrogen-bond donors (Lipinski definition) is 5. The van der Waals surface area contributed by atoms with Crippen LogP contribution in [0.25, 0.3) is 11.2 Å². The van der Waals surface area contributed by atoms with Crippen LogP contribution in [0, 0.1) is 0 Å². The van der Waals surface area contributed by atoms with Gasteiger partial charge in [-0.1, -0.05) is 17.3 Å². The topological polar surface area (TPSA) is 230 Å². The third-order valence-electron chi connectivity index (χ3n) is 6.70. The van der Waals surface area contributed by atoms with E-state index in [4.69, 9.17) is 26.8 Å². The summed E-state index contributed by atoms with van der Waals surface area (Å²) >= 11 is 5.90. The van der Waals surface area contributed by atoms with Crippen molar-refractivity contribution >= 4 is 34.6 Å². The van der Waals surface area contributed by atoms with Gasteiger partial charge in [0.25, 0.3) is 0 Å². The number of imidazole rings is 1. The van der Waals surface area contributed by atoms with E-state index >= 15 is 0 Å². The van der Waals surface area contributed by atoms with Crippen molar-refractivity contribution < 1.29 is 47.5 Å². The number of rotatable bonds is 11. The van der Waals surface area contributed by atoms with Gasteiger partial charge in [-0.25, -0.2) is 9.78 Å². The largest absolute Gasteiger partial charge is 0.573 e. The molecule has 0 aliphatic carbocycles. The third kappa shape index (κ3) is 6.30. The average Bonchev–Trinajstić information content (AvgIpc) is 3.67. The number of anilines is 1. The van der Waals surface area contributed by atoms with Crippen LogP contribution < -0.4 is 10.5 Å². The van der Waals surface area contributed by atoms with Gasteiger partial charge in [0, 0.05) is 0 Å². The van der Waals surface area contributed by atoms with Crippen molar-refractivity contribution in [1.29, 1.82) is 0 Å². The van der Waals surface area contributed by atoms with E-state index in [9.17, 15) is 33.3 Å². The smallest absolute Gasteiger partial charge is 0.479 e. The number of nitrogens with one attached hydrogen (secondary N) is 1. The van der Waals surface area contributed by atoms with Crippen LogP contribution >= 0.6 is 11.6 Å². The number of carboxylic acid groups (broad SMARTS) is 1. The van der Waals surface area contributed by atoms with Gasteiger partial charge in [-0.05, 0) is 48.6 Å². The Morgan fingerprint density at radius 3 is 2.72 bits per heavy atom. The Labute approximate surface area is 243 Å². The lowest BCUT2D eigenvalue weighted by Gasteiger charge is -2.28. The van der Waals surface area contributed by atoms with E-state index in [0.717, 1.165) is 6.07 Å². The van der Waals surface area contributed by atoms with Gasteiger partial charge < -0.3 is 35.3 Å². The number of hydrogen-bond acceptors (Lipinski definition) is 13. The van der Waals surface area contributed by atoms with Gasteiger partial charge in [0.05, 0.1) is 12.9 Å². The number of halogens is 4. The zero-order valence-electron chi connectivity index (χ0n) is 21.7. The molecule has 43 heavy (non-hydrogen) atoms. The highest BCUT2D eigenvalue weighted by atomic mass is 35.5. The molecule has 1 saturated heterocycles. The van der Waals surface area contributed by atoms with Gasteiger partial charge in [-0.2, -0.15) is 15.2 Å². The van der Waals surface area contributed by atoms with Crippen molar-refractivity contribution in [2.24, 2.45) is 0 Å². The quantitative estimate of drug-likeness (QED) is 0.146. The number of aryl methyl sites for hydroxylation is 1. The summed E-state index contributed by atoms with van der Waals surface area (Å²) in [4.78, 5) is 24.5. The number of carbonyl (C=O) groups is 1. The molecule has 20 heteroatoms. The zero-order chi connectivity index (χ0) is 30.9. The molecular formula is C23H23ClF3N9O7. The second-order valence-electron chi connectivity index (χ2n) is 9.48. The lowest BCUT2D eigenvalue weighted by atomic mass is 9.93. The lowest BCUT2D eigenvalue weighted by Crippen LogP contribution is -2.44. The van der Waals surface area contributed by atoms with Crippen LogP contribution in [0.2, 0.25) is 5.28 Å². The van der Waals surface area contributed by atoms with Gasteiger partial charge in [-0.3, -0.25) is 4.57 Å². The number of alkyl halides is 3. The highest BCUT2D eigenvalue weighted by Crippen LogP contribution is 2.36. The number of aromatic nitrogens is 8. The van der Waals surface area contributed by atoms with Crippen LogP contribution in [0.3, 0.4) is 0 Å². The van der Waals surface area contributed by atoms with Crippen LogP contribution in [0.1, 0.15) is 30.5 Å². The fraction of sp³-hybridized carbons (Fsp3) is 0.435. The molecule has 0 spiro atoms. The highest BCUT2D eigenvalue weighted by molar-refractivity contribution is 6.28. The Balaban J connectivity index is 1.32. The number of ether oxygens (including phenoxy) is 3. The number of carboxylic acids is 1. The van der Waals surface area contributed by atoms with Gasteiger partial charge in [0.15, 0.2) is 17.7 Å². The third-order valence-corrected chi connectivity index (χ3v) is 6.87. The van der Waals surface area contributed by atoms with Crippen molar-refractivity contribution in [2.75, 3.05) is 12.3 Å². The normalized spacial score (nSPS) is 22.1. The van der Waals surface area contributed by atoms with E-state index < -0.39 is 54.8 Å². The van der Waals surface area contributed by atoms with Crippen molar-refractivity contribution in [2.45, 2.75) is 55.8 Å². The van der Waals surface area contributed by atoms with Crippen LogP contribution in [0.15, 0.2) is 30.6 Å². The predicted octanol–water partition coefficient (Wildman–Crippen LogP) is 1.11. The van der Waals surface area contributed by atoms with Gasteiger partial charge in [0.2, 0.25) is 16.7 Å². The lowest BCUT2D eigenvalue weighted by molar-refractivity contribution is -0.274. The van der Waals surface area contributed by atoms with Gasteiger partial charge in [0.1, 0.15) is 29.6 Å². The SMILES string of the molecule is Nc1nc(Cl)nc2c1ncn2[C@@H]1O[C@H](COC(CCCc2cccc(OC(F)(F)F)c2)(C(=O)O)c2nn[nH]n2)[C@@H](O)[C@H]1O. The molecule has 5 atom stereocenters. The number of nitrogen functional groups attached to an aromatic ring is 1. The number of aliphatic hydroxyl groups is 2. The number of H-pyrrole nitrogens is 1. The Morgan fingerprint density at radius 2 is 2.02 bits per heavy atom. The van der Waals surface area contributed by atoms with E-state index in [0.29, 0.717) is 5.56 Å². The fourth-order valence-electron chi connectivity index (χ4n) is 4.70. The monoisotopic (exact) mass is 629 g/mol. The molecule has 1 fully saturated rings. The molecule has 6 N–H and O–H groups in total. The second kappa shape index (κ2) is 11.8. The first-order valence-electron chi connectivity index (χ1n) is 12.5. The molecule has 4 heterocycles. The molecule has 230 valence electrons. The summed E-state index contributed by atoms with van der Waals surface area (Å²) in [7, 11) is 0. The van der Waals surface area contributed by atoms with Crippen molar-refractivity contribution in [3.63, 3.8) is 0 Å². The van der Waals surface area contributed by atoms with Crippen molar-refractivity contribution in [1.82, 2.24) is 40.1 Å². The molecule has 1 aromatic carbocycles. The minimum atomic E-state index is -4.87. The molecule has 0 amide bonds. The standard InChI is InChI=1S/C23H23ClF3N9O7/c24-21-30-16(28)13-17(31-21)36(9-29-13)18-15(38)14(37)12(42-18)8-41-22(20(39)40,19-32-34-35-33-19)6-2-4-10-3-1-5-11(7-10)43-23(25,26)27/h1,3,5,7,9,12,14-15,18,37-38H,2,4,6,8H2,(H,39,40)(H2,28,30,31)(H,32,33,34,35)/t12-,14-,15-,18-,22?/m1/s1. The fourth-order valence-corrected chi connectivity index (χ4v) is 4.87. The molecule has 1 unspecified atom stereocenters. The molecular weight excluding hydrogens is 607 g/mol. The number of aliphatic carboxylic acids is 1. The number of tetrazole rings is 1. The van der Waals surface area contributed by atoms with Crippen LogP contribution in [0.4, 0.5) is 19.0 Å². The maximum Gasteiger partial charge on any atom is 0.573 e. The molecule has 1 aliphatic heterocycles. The summed E-state index contributed by atoms with van der Waals surface area (Å²) in [5.41, 5.74) is 4.34. The van der Waals surface area contributed by atoms with Crippen LogP contribution in [-0.2, 0) is 26.3 Å². The summed E-state index contributed by atoms with van der Waals surface area (Å²) in [5.74, 6) is -2.30. The molecule has 0 radical (unpaired) electrons. The van der Waals surface area contributed by atoms with Crippen molar-refractivity contribution in [3.05, 3.63) is 47.3 Å². The first kappa shape index (κ1) is 30.3. The molecule has 16 nitrogen and oxygen atoms in total. The summed E-state index contributed by atoms with van der Waals surface area (Å²) in [5, 5.41) is 44.7. The molecule has 3 aromatic heterocycles. The van der Waals surface area contributed by atoms with Gasteiger partial charge >= 0.3 is 12.3 Å². The van der Waals surface area contributed by atoms with E-state index in [1.54, 1.807) is 6.07 Å². The van der Waals surface area contributed by atoms with Gasteiger partial charge in [-0.15, -0.1) is 23.4 Å². The number of nitrogens with zero attached hydrogens (tertiary/aromatic N) is 7. The first-order valence-corrected chi connectivity index (χ1v) is 12.9. The molecule has 0 bridgehead atoms. The summed E-state index contributed by atoms with van der Waals surface area (Å²) < 4.78 is 54.7. The number of aliphatic hydroxyl groups excluding tert-OH is 2. The number of fused-ring (bicyclic) bond motifs is 1. The maximum atomic E-state index is 12.6. The van der Waals surface area contributed by atoms with Crippen molar-refractivity contribution in [3.8, 4) is 5.75 Å². The Morgan fingerprint density at radius 1 is 1.23 bits per heavy atom. The average molecular weight is 630 g/mol. The second-order valence-corrected chi connectivity index (χ2v) is 9.81. The minimum absolute atomic E-state index is 0.0207. The zero-order valence-corrected chi connectivity index (χ0v) is 22.5. The summed E-state index contributed by atoms with van der Waals surface area (Å²) in [6.07, 6.45) is -9.24. The number of benzene rings is 1. The van der Waals surface area contributed by atoms with E-state index in [-0.39, 0.29) is 47.4 Å². The van der Waals surface area contributed by atoms with Crippen LogP contribution in [0.5, 0.6) is 5.75 Å². The Hall–Kier alpha value is -4.17. The molecule has 1 aliphatic rings. The number of aromatic amines is 1. The van der Waals surface area contributed by atoms with E-state index in [1.807, 2.05) is 0 Å². The summed E-state index contributed by atoms with van der Waals surface area (Å²) in [6.45, 7) is -0.561. The number of nitrogens with two attached hydrogens (primary N) is 1.